The molecule has 0 saturated carbocycles. The summed E-state index contributed by atoms with van der Waals surface area (Å²) < 4.78 is 175. The molecule has 46 nitrogen and oxygen atoms in total. The average Bonchev–Trinajstić information content (AvgIpc) is 0.808. The molecule has 3 aliphatic heterocycles. The molecular weight excluding hydrogens is 1570 g/mol. The van der Waals surface area contributed by atoms with Gasteiger partial charge in [0.15, 0.2) is 18.9 Å². The molecule has 3 fully saturated rings. The van der Waals surface area contributed by atoms with Crippen LogP contribution in [0.25, 0.3) is 0 Å². The van der Waals surface area contributed by atoms with Crippen molar-refractivity contribution in [1.82, 2.24) is 16.0 Å². The predicted octanol–water partition coefficient (Wildman–Crippen LogP) is -5.19. The smallest absolute Gasteiger partial charge is 0.394 e. The van der Waals surface area contributed by atoms with Crippen molar-refractivity contribution in [2.45, 2.75) is 138 Å². The van der Waals surface area contributed by atoms with E-state index in [9.17, 15) is 98.2 Å². The summed E-state index contributed by atoms with van der Waals surface area (Å²) >= 11 is 0. The van der Waals surface area contributed by atoms with E-state index in [1.807, 2.05) is 0 Å². The van der Waals surface area contributed by atoms with Gasteiger partial charge in [0.05, 0.1) is 197 Å². The molecule has 0 aliphatic carbocycles. The number of aliphatic hydroxyl groups is 9. The van der Waals surface area contributed by atoms with Crippen LogP contribution in [-0.4, -0.2) is 400 Å². The van der Waals surface area contributed by atoms with Gasteiger partial charge in [-0.1, -0.05) is 0 Å². The molecule has 16 N–H and O–H groups in total. The molecule has 0 bridgehead atoms. The third-order valence-electron chi connectivity index (χ3n) is 15.3. The van der Waals surface area contributed by atoms with Crippen molar-refractivity contribution in [2.75, 3.05) is 225 Å². The summed E-state index contributed by atoms with van der Waals surface area (Å²) in [6.07, 6.45) is -15.7. The highest BCUT2D eigenvalue weighted by atomic mass is 31.2. The quantitative estimate of drug-likeness (QED) is 0.0200. The molecule has 4 unspecified atom stereocenters. The molecule has 19 atom stereocenters. The molecule has 650 valence electrons. The van der Waals surface area contributed by atoms with Gasteiger partial charge in [0, 0.05) is 53.9 Å². The Morgan fingerprint density at radius 1 is 0.318 bits per heavy atom. The summed E-state index contributed by atoms with van der Waals surface area (Å²) in [6.45, 7) is -0.650. The van der Waals surface area contributed by atoms with Gasteiger partial charge in [-0.25, -0.2) is 13.7 Å². The van der Waals surface area contributed by atoms with E-state index >= 15 is 0 Å². The number of nitrogens with one attached hydrogen (secondary N) is 3. The highest BCUT2D eigenvalue weighted by molar-refractivity contribution is 7.51. The number of carbonyl (C=O) groups is 3. The fourth-order valence-corrected chi connectivity index (χ4v) is 12.7. The Morgan fingerprint density at radius 2 is 0.536 bits per heavy atom. The van der Waals surface area contributed by atoms with Crippen LogP contribution in [0.2, 0.25) is 0 Å². The second-order valence-electron chi connectivity index (χ2n) is 24.8. The van der Waals surface area contributed by atoms with Crippen LogP contribution in [0.3, 0.4) is 0 Å². The van der Waals surface area contributed by atoms with E-state index in [0.29, 0.717) is 0 Å². The normalized spacial score (nSPS) is 27.3. The number of hydrogen-bond donors (Lipinski definition) is 16. The van der Waals surface area contributed by atoms with Gasteiger partial charge in [-0.05, 0) is 25.7 Å². The molecule has 3 amide bonds. The number of carbonyl (C=O) groups excluding carboxylic acids is 3. The zero-order valence-corrected chi connectivity index (χ0v) is 65.8. The zero-order chi connectivity index (χ0) is 81.4. The molecule has 0 aromatic carbocycles. The molecule has 110 heavy (non-hydrogen) atoms. The van der Waals surface area contributed by atoms with Crippen LogP contribution in [0.5, 0.6) is 0 Å². The molecule has 3 rings (SSSR count). The zero-order valence-electron chi connectivity index (χ0n) is 62.2. The number of aliphatic hydroxyl groups excluding tert-OH is 9. The monoisotopic (exact) mass is 1690 g/mol. The molecule has 0 aromatic rings. The molecule has 3 saturated heterocycles. The number of amides is 3. The summed E-state index contributed by atoms with van der Waals surface area (Å²) in [5, 5.41) is 97.6. The van der Waals surface area contributed by atoms with Crippen LogP contribution in [0, 0.1) is 5.41 Å². The fraction of sp³-hybridized carbons (Fsp3) is 0.950. The van der Waals surface area contributed by atoms with Gasteiger partial charge in [0.25, 0.3) is 0 Å². The van der Waals surface area contributed by atoms with E-state index < -0.39 is 166 Å². The van der Waals surface area contributed by atoms with E-state index in [0.717, 1.165) is 6.66 Å². The first-order valence-electron chi connectivity index (χ1n) is 35.4. The van der Waals surface area contributed by atoms with Crippen molar-refractivity contribution in [3.8, 4) is 0 Å². The lowest BCUT2D eigenvalue weighted by Crippen LogP contribution is -2.64. The maximum atomic E-state index is 12.7. The Kier molecular flexibility index (Phi) is 53.0. The van der Waals surface area contributed by atoms with E-state index in [-0.39, 0.29) is 224 Å². The Bertz CT molecular complexity index is 2410. The van der Waals surface area contributed by atoms with E-state index in [1.54, 1.807) is 0 Å². The molecule has 0 aromatic heterocycles. The standard InChI is InChI=1S/C60H117N3O43P4/c1-42(67)61-48-54(73)51(70)45(35-64)104-57(48)94-29-23-84-17-20-87-26-32-101-108(78,79)98-14-6-10-91-39-60(38-90-9-5-13-97-107(4,76)77,40-92-11-7-15-99-109(80,81)102-33-27-88-21-18-85-24-30-95-58-49(62-43(2)68)55(74)52(71)46(36-65)105-58)41-93-12-8-16-100-110(82,83)103-34-28-89-22-19-86-25-31-96-59-50(63-44(3)69)56(75)53(72)47(37-66)106-59/h45-59,64-66,70-75H,5-41H2,1-4H3,(H,61,67)(H,62,68)(H,63,69)(H,76,77)(H,78,79)(H,80,81)(H,82,83)/t45-,46-,47-,48-,49-,50-,51+,52+,53+,54-,55-,56-,57-,58-,59-/m1/s1. The number of rotatable bonds is 67. The minimum Gasteiger partial charge on any atom is -0.394 e. The van der Waals surface area contributed by atoms with Crippen molar-refractivity contribution < 1.29 is 206 Å². The molecule has 3 aliphatic rings. The Hall–Kier alpha value is -2.11. The van der Waals surface area contributed by atoms with Gasteiger partial charge >= 0.3 is 31.1 Å². The molecular formula is C60H117N3O43P4. The van der Waals surface area contributed by atoms with Crippen LogP contribution in [0.15, 0.2) is 0 Å². The van der Waals surface area contributed by atoms with Gasteiger partial charge < -0.3 is 162 Å². The molecule has 50 heteroatoms. The molecule has 0 radical (unpaired) electrons. The number of hydrogen-bond acceptors (Lipinski definition) is 39. The van der Waals surface area contributed by atoms with E-state index in [4.69, 9.17) is 107 Å². The van der Waals surface area contributed by atoms with Gasteiger partial charge in [0.1, 0.15) is 73.1 Å². The van der Waals surface area contributed by atoms with Gasteiger partial charge in [-0.15, -0.1) is 0 Å². The Labute approximate surface area is 636 Å². The summed E-state index contributed by atoms with van der Waals surface area (Å²) in [4.78, 5) is 75.5. The number of phosphoric ester groups is 3. The Balaban J connectivity index is 1.48. The van der Waals surface area contributed by atoms with E-state index in [1.165, 1.54) is 20.8 Å². The maximum Gasteiger partial charge on any atom is 0.472 e. The van der Waals surface area contributed by atoms with Crippen molar-refractivity contribution in [2.24, 2.45) is 5.41 Å². The summed E-state index contributed by atoms with van der Waals surface area (Å²) in [5.41, 5.74) is -1.18. The van der Waals surface area contributed by atoms with Crippen molar-refractivity contribution >= 4 is 48.8 Å². The topological polar surface area (TPSA) is 631 Å². The fourth-order valence-electron chi connectivity index (χ4n) is 10.0. The second-order valence-corrected chi connectivity index (χ2v) is 31.0. The van der Waals surface area contributed by atoms with Crippen molar-refractivity contribution in [3.63, 3.8) is 0 Å². The van der Waals surface area contributed by atoms with Crippen molar-refractivity contribution in [3.05, 3.63) is 0 Å². The summed E-state index contributed by atoms with van der Waals surface area (Å²) in [7, 11) is -17.6. The second kappa shape index (κ2) is 57.1. The number of ether oxygens (including phenoxy) is 16. The first-order valence-corrected chi connectivity index (χ1v) is 41.9. The largest absolute Gasteiger partial charge is 0.472 e. The summed E-state index contributed by atoms with van der Waals surface area (Å²) in [5.74, 6) is -1.55. The lowest BCUT2D eigenvalue weighted by atomic mass is 9.92. The molecule has 3 heterocycles. The van der Waals surface area contributed by atoms with Crippen LogP contribution < -0.4 is 16.0 Å². The lowest BCUT2D eigenvalue weighted by molar-refractivity contribution is -0.272. The predicted molar refractivity (Wildman–Crippen MR) is 370 cm³/mol. The third kappa shape index (κ3) is 44.5. The minimum absolute atomic E-state index is 0.00667. The van der Waals surface area contributed by atoms with Crippen LogP contribution in [-0.2, 0) is 140 Å². The van der Waals surface area contributed by atoms with Gasteiger partial charge in [-0.3, -0.25) is 46.1 Å². The highest BCUT2D eigenvalue weighted by Gasteiger charge is 2.48. The Morgan fingerprint density at radius 3 is 0.764 bits per heavy atom. The van der Waals surface area contributed by atoms with E-state index in [2.05, 4.69) is 16.0 Å². The van der Waals surface area contributed by atoms with Crippen LogP contribution >= 0.6 is 31.1 Å². The minimum atomic E-state index is -4.59. The van der Waals surface area contributed by atoms with Crippen LogP contribution in [0.4, 0.5) is 0 Å². The first-order chi connectivity index (χ1) is 52.3. The molecule has 0 spiro atoms. The van der Waals surface area contributed by atoms with Gasteiger partial charge in [-0.2, -0.15) is 0 Å². The maximum absolute atomic E-state index is 12.7. The lowest BCUT2D eigenvalue weighted by Gasteiger charge is -2.42. The third-order valence-corrected chi connectivity index (χ3v) is 19.0. The highest BCUT2D eigenvalue weighted by Crippen LogP contribution is 2.45. The van der Waals surface area contributed by atoms with Crippen molar-refractivity contribution in [1.29, 1.82) is 0 Å². The van der Waals surface area contributed by atoms with Gasteiger partial charge in [0.2, 0.25) is 17.7 Å². The summed E-state index contributed by atoms with van der Waals surface area (Å²) in [6, 6.07) is -3.39. The first kappa shape index (κ1) is 102. The number of phosphoric acid groups is 3. The van der Waals surface area contributed by atoms with Crippen LogP contribution in [0.1, 0.15) is 46.5 Å². The SMILES string of the molecule is CC(=O)N[C@H]1[C@H](OCCOCCOCCOP(=O)(O)OCCCOCC(COCCCOP(C)(=O)O)(COCCCOP(=O)(O)OCCOCCOCCO[C@@H]2O[C@H](CO)[C@H](O)[C@H](O)[C@H]2NC(C)=O)COCCCOP(=O)(O)OCCOCCOCCO[C@@H]2O[C@H](CO)[C@H](O)[C@H](O)[C@H]2NC(C)=O)O[C@H](CO)[C@H](O)[C@@H]1O. The average molecular weight is 1690 g/mol.